The van der Waals surface area contributed by atoms with Crippen molar-refractivity contribution in [3.63, 3.8) is 0 Å². The normalized spacial score (nSPS) is 19.9. The molecule has 0 saturated carbocycles. The van der Waals surface area contributed by atoms with Gasteiger partial charge in [-0.15, -0.1) is 0 Å². The van der Waals surface area contributed by atoms with Gasteiger partial charge in [-0.2, -0.15) is 0 Å². The molecular formula is C16H19N5O. The zero-order valence-corrected chi connectivity index (χ0v) is 12.9. The van der Waals surface area contributed by atoms with Crippen LogP contribution in [0, 0.1) is 0 Å². The van der Waals surface area contributed by atoms with Crippen LogP contribution in [0.15, 0.2) is 41.7 Å². The average molecular weight is 297 g/mol. The number of fused-ring (bicyclic) bond motifs is 1. The van der Waals surface area contributed by atoms with Crippen LogP contribution in [0.3, 0.4) is 0 Å². The lowest BCUT2D eigenvalue weighted by Crippen LogP contribution is -2.45. The van der Waals surface area contributed by atoms with Gasteiger partial charge in [0, 0.05) is 18.0 Å². The highest BCUT2D eigenvalue weighted by molar-refractivity contribution is 5.95. The lowest BCUT2D eigenvalue weighted by molar-refractivity contribution is 0.322. The number of aromatic nitrogens is 2. The average Bonchev–Trinajstić information content (AvgIpc) is 2.55. The first kappa shape index (κ1) is 14.5. The van der Waals surface area contributed by atoms with Crippen molar-refractivity contribution >= 4 is 11.7 Å². The summed E-state index contributed by atoms with van der Waals surface area (Å²) in [4.78, 5) is 13.7. The van der Waals surface area contributed by atoms with E-state index >= 15 is 0 Å². The maximum absolute atomic E-state index is 5.79. The van der Waals surface area contributed by atoms with Gasteiger partial charge in [-0.25, -0.2) is 9.98 Å². The largest absolute Gasteiger partial charge is 0.493 e. The van der Waals surface area contributed by atoms with E-state index in [0.29, 0.717) is 12.4 Å². The van der Waals surface area contributed by atoms with E-state index in [9.17, 15) is 0 Å². The number of benzene rings is 1. The van der Waals surface area contributed by atoms with Gasteiger partial charge >= 0.3 is 0 Å². The van der Waals surface area contributed by atoms with E-state index in [1.165, 1.54) is 0 Å². The molecule has 6 heteroatoms. The van der Waals surface area contributed by atoms with E-state index in [1.807, 2.05) is 45.2 Å². The van der Waals surface area contributed by atoms with Gasteiger partial charge in [-0.3, -0.25) is 10.3 Å². The highest BCUT2D eigenvalue weighted by Gasteiger charge is 2.41. The van der Waals surface area contributed by atoms with Gasteiger partial charge in [-0.05, 0) is 27.0 Å². The smallest absolute Gasteiger partial charge is 0.188 e. The summed E-state index contributed by atoms with van der Waals surface area (Å²) in [6, 6.07) is 7.87. The highest BCUT2D eigenvalue weighted by Crippen LogP contribution is 2.40. The highest BCUT2D eigenvalue weighted by atomic mass is 16.5. The Morgan fingerprint density at radius 1 is 1.23 bits per heavy atom. The molecule has 0 amide bonds. The number of ether oxygens (including phenoxy) is 1. The minimum Gasteiger partial charge on any atom is -0.493 e. The molecule has 1 aliphatic heterocycles. The van der Waals surface area contributed by atoms with E-state index in [4.69, 9.17) is 9.73 Å². The fraction of sp³-hybridized carbons (Fsp3) is 0.312. The molecule has 2 aromatic rings. The Bertz CT molecular complexity index is 715. The monoisotopic (exact) mass is 297 g/mol. The number of hydrogen-bond acceptors (Lipinski definition) is 6. The number of rotatable bonds is 4. The fourth-order valence-electron chi connectivity index (χ4n) is 2.74. The Hall–Kier alpha value is -2.47. The first-order valence-corrected chi connectivity index (χ1v) is 7.27. The maximum Gasteiger partial charge on any atom is 0.188 e. The third-order valence-electron chi connectivity index (χ3n) is 3.61. The van der Waals surface area contributed by atoms with Gasteiger partial charge in [0.1, 0.15) is 17.3 Å². The van der Waals surface area contributed by atoms with Crippen molar-refractivity contribution in [1.29, 1.82) is 0 Å². The second kappa shape index (κ2) is 5.73. The Morgan fingerprint density at radius 2 is 2.00 bits per heavy atom. The molecule has 1 unspecified atom stereocenters. The van der Waals surface area contributed by atoms with E-state index < -0.39 is 5.66 Å². The summed E-state index contributed by atoms with van der Waals surface area (Å²) in [5, 5.41) is 6.47. The van der Waals surface area contributed by atoms with E-state index in [1.54, 1.807) is 12.4 Å². The summed E-state index contributed by atoms with van der Waals surface area (Å²) in [5.74, 6) is 2.26. The lowest BCUT2D eigenvalue weighted by Gasteiger charge is -2.35. The third-order valence-corrected chi connectivity index (χ3v) is 3.61. The van der Waals surface area contributed by atoms with Crippen molar-refractivity contribution in [1.82, 2.24) is 15.3 Å². The number of aliphatic imine (C=N–C) groups is 1. The van der Waals surface area contributed by atoms with Crippen LogP contribution in [0.2, 0.25) is 0 Å². The molecular weight excluding hydrogens is 278 g/mol. The molecule has 3 rings (SSSR count). The van der Waals surface area contributed by atoms with Crippen molar-refractivity contribution in [3.8, 4) is 5.75 Å². The van der Waals surface area contributed by atoms with Crippen LogP contribution in [-0.4, -0.2) is 29.5 Å². The quantitative estimate of drug-likeness (QED) is 0.904. The topological polar surface area (TPSA) is 71.4 Å². The summed E-state index contributed by atoms with van der Waals surface area (Å²) in [6.07, 6.45) is 3.34. The Balaban J connectivity index is 2.26. The SMILES string of the molecule is CCOc1ccccc1C1(NC)N=C(C)Nc2nccnc21. The zero-order chi connectivity index (χ0) is 15.6. The van der Waals surface area contributed by atoms with Crippen molar-refractivity contribution in [2.75, 3.05) is 19.0 Å². The van der Waals surface area contributed by atoms with Crippen LogP contribution in [0.4, 0.5) is 5.82 Å². The zero-order valence-electron chi connectivity index (χ0n) is 12.9. The van der Waals surface area contributed by atoms with Gasteiger partial charge in [0.15, 0.2) is 11.5 Å². The summed E-state index contributed by atoms with van der Waals surface area (Å²) in [5.41, 5.74) is 0.835. The first-order chi connectivity index (χ1) is 10.7. The molecule has 1 aliphatic rings. The van der Waals surface area contributed by atoms with Crippen molar-refractivity contribution < 1.29 is 4.74 Å². The van der Waals surface area contributed by atoms with Crippen LogP contribution in [0.1, 0.15) is 25.1 Å². The molecule has 0 spiro atoms. The van der Waals surface area contributed by atoms with Crippen molar-refractivity contribution in [2.24, 2.45) is 4.99 Å². The molecule has 6 nitrogen and oxygen atoms in total. The van der Waals surface area contributed by atoms with Crippen molar-refractivity contribution in [2.45, 2.75) is 19.5 Å². The van der Waals surface area contributed by atoms with Crippen LogP contribution in [-0.2, 0) is 5.66 Å². The molecule has 1 aromatic heterocycles. The third kappa shape index (κ3) is 2.21. The minimum atomic E-state index is -0.815. The molecule has 114 valence electrons. The lowest BCUT2D eigenvalue weighted by atomic mass is 9.93. The van der Waals surface area contributed by atoms with Gasteiger partial charge in [0.2, 0.25) is 0 Å². The fourth-order valence-corrected chi connectivity index (χ4v) is 2.74. The van der Waals surface area contributed by atoms with Crippen LogP contribution in [0.5, 0.6) is 5.75 Å². The van der Waals surface area contributed by atoms with Crippen molar-refractivity contribution in [3.05, 3.63) is 47.9 Å². The number of para-hydroxylation sites is 1. The number of hydrogen-bond donors (Lipinski definition) is 2. The minimum absolute atomic E-state index is 0.588. The molecule has 0 bridgehead atoms. The van der Waals surface area contributed by atoms with Gasteiger partial charge in [0.25, 0.3) is 0 Å². The maximum atomic E-state index is 5.79. The number of anilines is 1. The second-order valence-electron chi connectivity index (χ2n) is 4.97. The van der Waals surface area contributed by atoms with E-state index in [-0.39, 0.29) is 0 Å². The molecule has 0 aliphatic carbocycles. The molecule has 22 heavy (non-hydrogen) atoms. The molecule has 2 heterocycles. The van der Waals surface area contributed by atoms with Crippen LogP contribution in [0.25, 0.3) is 0 Å². The van der Waals surface area contributed by atoms with E-state index in [2.05, 4.69) is 20.6 Å². The summed E-state index contributed by atoms with van der Waals surface area (Å²) in [6.45, 7) is 4.46. The Labute approximate surface area is 129 Å². The molecule has 0 fully saturated rings. The molecule has 2 N–H and O–H groups in total. The molecule has 1 aromatic carbocycles. The van der Waals surface area contributed by atoms with E-state index in [0.717, 1.165) is 22.8 Å². The summed E-state index contributed by atoms with van der Waals surface area (Å²) < 4.78 is 5.79. The molecule has 0 radical (unpaired) electrons. The second-order valence-corrected chi connectivity index (χ2v) is 4.97. The molecule has 1 atom stereocenters. The number of nitrogens with zero attached hydrogens (tertiary/aromatic N) is 3. The number of amidine groups is 1. The summed E-state index contributed by atoms with van der Waals surface area (Å²) >= 11 is 0. The predicted octanol–water partition coefficient (Wildman–Crippen LogP) is 2.14. The standard InChI is InChI=1S/C16H19N5O/c1-4-22-13-8-6-5-7-12(13)16(17-3)14-15(19-10-9-18-14)20-11(2)21-16/h5-10,17H,4H2,1-3H3,(H,19,20,21). The van der Waals surface area contributed by atoms with Crippen LogP contribution >= 0.6 is 0 Å². The van der Waals surface area contributed by atoms with Crippen LogP contribution < -0.4 is 15.4 Å². The van der Waals surface area contributed by atoms with Gasteiger partial charge in [0.05, 0.1) is 6.61 Å². The first-order valence-electron chi connectivity index (χ1n) is 7.27. The van der Waals surface area contributed by atoms with Gasteiger partial charge < -0.3 is 10.1 Å². The Kier molecular flexibility index (Phi) is 3.77. The summed E-state index contributed by atoms with van der Waals surface area (Å²) in [7, 11) is 1.86. The number of nitrogens with one attached hydrogen (secondary N) is 2. The van der Waals surface area contributed by atoms with Gasteiger partial charge in [-0.1, -0.05) is 18.2 Å². The Morgan fingerprint density at radius 3 is 2.77 bits per heavy atom. The molecule has 0 saturated heterocycles. The predicted molar refractivity (Wildman–Crippen MR) is 86.2 cm³/mol.